The van der Waals surface area contributed by atoms with Gasteiger partial charge < -0.3 is 4.42 Å². The summed E-state index contributed by atoms with van der Waals surface area (Å²) in [5.41, 5.74) is 0.955. The van der Waals surface area contributed by atoms with Gasteiger partial charge in [-0.05, 0) is 30.4 Å². The number of halogens is 2. The Labute approximate surface area is 155 Å². The van der Waals surface area contributed by atoms with Crippen molar-refractivity contribution >= 4 is 21.4 Å². The Hall–Kier alpha value is -3.12. The first-order valence-electron chi connectivity index (χ1n) is 8.35. The molecule has 0 bridgehead atoms. The molecule has 5 rings (SSSR count). The van der Waals surface area contributed by atoms with Crippen LogP contribution < -0.4 is 0 Å². The molecule has 0 aliphatic heterocycles. The minimum Gasteiger partial charge on any atom is -0.439 e. The number of hydrogen-bond donors (Lipinski definition) is 1. The second-order valence-corrected chi connectivity index (χ2v) is 7.46. The number of nitriles is 1. The van der Waals surface area contributed by atoms with Crippen LogP contribution in [0.1, 0.15) is 36.6 Å². The molecule has 4 aromatic rings. The summed E-state index contributed by atoms with van der Waals surface area (Å²) in [6.07, 6.45) is 3.03. The lowest BCUT2D eigenvalue weighted by atomic mass is 9.82. The van der Waals surface area contributed by atoms with Gasteiger partial charge in [0.1, 0.15) is 29.2 Å². The number of hydrogen-bond acceptors (Lipinski definition) is 6. The molecular weight excluding hydrogens is 372 g/mol. The predicted molar refractivity (Wildman–Crippen MR) is 93.9 cm³/mol. The van der Waals surface area contributed by atoms with E-state index < -0.39 is 11.6 Å². The molecule has 6 nitrogen and oxygen atoms in total. The van der Waals surface area contributed by atoms with Crippen molar-refractivity contribution in [1.29, 1.82) is 5.26 Å². The Balaban J connectivity index is 1.68. The van der Waals surface area contributed by atoms with Gasteiger partial charge in [-0.15, -0.1) is 16.4 Å². The van der Waals surface area contributed by atoms with Crippen LogP contribution in [-0.2, 0) is 0 Å². The van der Waals surface area contributed by atoms with Gasteiger partial charge in [0.05, 0.1) is 9.58 Å². The zero-order chi connectivity index (χ0) is 18.5. The first kappa shape index (κ1) is 16.1. The maximum absolute atomic E-state index is 14.0. The number of thiophene rings is 1. The van der Waals surface area contributed by atoms with Crippen molar-refractivity contribution in [3.05, 3.63) is 41.3 Å². The van der Waals surface area contributed by atoms with Gasteiger partial charge in [-0.2, -0.15) is 15.6 Å². The van der Waals surface area contributed by atoms with Crippen LogP contribution in [0.25, 0.3) is 32.2 Å². The summed E-state index contributed by atoms with van der Waals surface area (Å²) < 4.78 is 33.9. The van der Waals surface area contributed by atoms with Gasteiger partial charge in [0.25, 0.3) is 0 Å². The van der Waals surface area contributed by atoms with E-state index in [9.17, 15) is 14.0 Å². The standard InChI is InChI=1S/C18H11F2N5OS/c19-10-4-9-5-13(27-17(9)11(20)6-10)18-22-15(14-12(7-21)23-25-24-14)16(26-18)8-2-1-3-8/h4-6,8H,1-3H2,(H,23,24,25). The number of nitrogens with zero attached hydrogens (tertiary/aromatic N) is 4. The van der Waals surface area contributed by atoms with E-state index in [2.05, 4.69) is 20.4 Å². The Morgan fingerprint density at radius 1 is 1.19 bits per heavy atom. The lowest BCUT2D eigenvalue weighted by Gasteiger charge is -2.23. The fraction of sp³-hybridized carbons (Fsp3) is 0.222. The summed E-state index contributed by atoms with van der Waals surface area (Å²) in [7, 11) is 0. The van der Waals surface area contributed by atoms with Crippen molar-refractivity contribution in [3.63, 3.8) is 0 Å². The fourth-order valence-corrected chi connectivity index (χ4v) is 4.18. The number of aromatic amines is 1. The normalized spacial score (nSPS) is 14.4. The van der Waals surface area contributed by atoms with Crippen LogP contribution in [0.15, 0.2) is 22.6 Å². The third kappa shape index (κ3) is 2.52. The number of nitrogens with one attached hydrogen (secondary N) is 1. The van der Waals surface area contributed by atoms with Gasteiger partial charge in [-0.1, -0.05) is 6.42 Å². The number of benzene rings is 1. The molecule has 134 valence electrons. The van der Waals surface area contributed by atoms with E-state index in [4.69, 9.17) is 4.42 Å². The topological polar surface area (TPSA) is 91.4 Å². The van der Waals surface area contributed by atoms with Crippen molar-refractivity contribution in [1.82, 2.24) is 20.4 Å². The molecule has 1 aliphatic carbocycles. The molecule has 9 heteroatoms. The quantitative estimate of drug-likeness (QED) is 0.551. The van der Waals surface area contributed by atoms with E-state index in [0.29, 0.717) is 38.0 Å². The molecular formula is C18H11F2N5OS. The van der Waals surface area contributed by atoms with Crippen LogP contribution in [0.2, 0.25) is 0 Å². The van der Waals surface area contributed by atoms with E-state index in [1.807, 2.05) is 6.07 Å². The van der Waals surface area contributed by atoms with Crippen molar-refractivity contribution in [2.45, 2.75) is 25.2 Å². The monoisotopic (exact) mass is 383 g/mol. The Morgan fingerprint density at radius 3 is 2.78 bits per heavy atom. The Kier molecular flexibility index (Phi) is 3.55. The van der Waals surface area contributed by atoms with Gasteiger partial charge in [0, 0.05) is 12.0 Å². The highest BCUT2D eigenvalue weighted by Crippen LogP contribution is 2.44. The zero-order valence-corrected chi connectivity index (χ0v) is 14.6. The summed E-state index contributed by atoms with van der Waals surface area (Å²) in [6.45, 7) is 0. The zero-order valence-electron chi connectivity index (χ0n) is 13.8. The smallest absolute Gasteiger partial charge is 0.237 e. The molecule has 1 saturated carbocycles. The van der Waals surface area contributed by atoms with Crippen LogP contribution in [0.3, 0.4) is 0 Å². The molecule has 27 heavy (non-hydrogen) atoms. The highest BCUT2D eigenvalue weighted by molar-refractivity contribution is 7.22. The average molecular weight is 383 g/mol. The molecule has 1 aliphatic rings. The summed E-state index contributed by atoms with van der Waals surface area (Å²) >= 11 is 1.15. The Bertz CT molecular complexity index is 1210. The molecule has 0 saturated heterocycles. The molecule has 1 aromatic carbocycles. The first-order chi connectivity index (χ1) is 13.1. The summed E-state index contributed by atoms with van der Waals surface area (Å²) in [4.78, 5) is 5.12. The van der Waals surface area contributed by atoms with Crippen LogP contribution in [0.4, 0.5) is 8.78 Å². The van der Waals surface area contributed by atoms with Crippen molar-refractivity contribution in [2.75, 3.05) is 0 Å². The van der Waals surface area contributed by atoms with Gasteiger partial charge in [-0.3, -0.25) is 0 Å². The molecule has 1 fully saturated rings. The number of aromatic nitrogens is 4. The van der Waals surface area contributed by atoms with Crippen LogP contribution in [-0.4, -0.2) is 20.4 Å². The number of rotatable bonds is 3. The number of H-pyrrole nitrogens is 1. The largest absolute Gasteiger partial charge is 0.439 e. The van der Waals surface area contributed by atoms with Gasteiger partial charge in [0.15, 0.2) is 11.4 Å². The third-order valence-corrected chi connectivity index (χ3v) is 5.90. The van der Waals surface area contributed by atoms with Crippen LogP contribution in [0.5, 0.6) is 0 Å². The highest BCUT2D eigenvalue weighted by atomic mass is 32.1. The highest BCUT2D eigenvalue weighted by Gasteiger charge is 2.31. The van der Waals surface area contributed by atoms with E-state index in [1.165, 1.54) is 6.07 Å². The molecule has 0 radical (unpaired) electrons. The molecule has 3 heterocycles. The molecule has 0 unspecified atom stereocenters. The van der Waals surface area contributed by atoms with Crippen molar-refractivity contribution < 1.29 is 13.2 Å². The van der Waals surface area contributed by atoms with Crippen LogP contribution >= 0.6 is 11.3 Å². The van der Waals surface area contributed by atoms with Gasteiger partial charge in [-0.25, -0.2) is 13.8 Å². The summed E-state index contributed by atoms with van der Waals surface area (Å²) in [5.74, 6) is -0.0806. The predicted octanol–water partition coefficient (Wildman–Crippen LogP) is 4.76. The number of fused-ring (bicyclic) bond motifs is 1. The third-order valence-electron chi connectivity index (χ3n) is 4.75. The minimum atomic E-state index is -0.631. The van der Waals surface area contributed by atoms with Crippen LogP contribution in [0, 0.1) is 23.0 Å². The molecule has 1 N–H and O–H groups in total. The maximum Gasteiger partial charge on any atom is 0.237 e. The SMILES string of the molecule is N#Cc1n[nH]nc1-c1nc(-c2cc3cc(F)cc(F)c3s2)oc1C1CCC1. The van der Waals surface area contributed by atoms with E-state index >= 15 is 0 Å². The second kappa shape index (κ2) is 5.96. The second-order valence-electron chi connectivity index (χ2n) is 6.41. The summed E-state index contributed by atoms with van der Waals surface area (Å²) in [6, 6.07) is 5.78. The van der Waals surface area contributed by atoms with E-state index in [0.717, 1.165) is 36.7 Å². The molecule has 0 atom stereocenters. The molecule has 3 aromatic heterocycles. The maximum atomic E-state index is 14.0. The molecule has 0 spiro atoms. The molecule has 0 amide bonds. The van der Waals surface area contributed by atoms with E-state index in [-0.39, 0.29) is 11.6 Å². The number of oxazole rings is 1. The van der Waals surface area contributed by atoms with Gasteiger partial charge in [0.2, 0.25) is 5.89 Å². The summed E-state index contributed by atoms with van der Waals surface area (Å²) in [5, 5.41) is 20.0. The van der Waals surface area contributed by atoms with E-state index in [1.54, 1.807) is 6.07 Å². The lowest BCUT2D eigenvalue weighted by Crippen LogP contribution is -2.09. The van der Waals surface area contributed by atoms with Crippen molar-refractivity contribution in [3.8, 4) is 28.2 Å². The Morgan fingerprint density at radius 2 is 2.04 bits per heavy atom. The van der Waals surface area contributed by atoms with Crippen molar-refractivity contribution in [2.24, 2.45) is 0 Å². The lowest BCUT2D eigenvalue weighted by molar-refractivity contribution is 0.351. The fourth-order valence-electron chi connectivity index (χ4n) is 3.21. The minimum absolute atomic E-state index is 0.139. The first-order valence-corrected chi connectivity index (χ1v) is 9.16. The van der Waals surface area contributed by atoms with Gasteiger partial charge >= 0.3 is 0 Å². The average Bonchev–Trinajstić information content (AvgIpc) is 3.29.